The molecule has 0 bridgehead atoms. The van der Waals surface area contributed by atoms with E-state index >= 15 is 0 Å². The lowest BCUT2D eigenvalue weighted by atomic mass is 10.2. The summed E-state index contributed by atoms with van der Waals surface area (Å²) in [5.41, 5.74) is 0.513. The molecule has 114 valence electrons. The maximum absolute atomic E-state index is 11.8. The molecule has 0 aliphatic heterocycles. The summed E-state index contributed by atoms with van der Waals surface area (Å²) in [4.78, 5) is 15.9. The third kappa shape index (κ3) is 5.86. The monoisotopic (exact) mass is 299 g/mol. The number of alkyl carbamates (subject to hydrolysis) is 1. The summed E-state index contributed by atoms with van der Waals surface area (Å²) in [6, 6.07) is -0.123. The van der Waals surface area contributed by atoms with Crippen LogP contribution in [0.25, 0.3) is 0 Å². The molecule has 1 heterocycles. The maximum atomic E-state index is 11.8. The second kappa shape index (κ2) is 7.57. The lowest BCUT2D eigenvalue weighted by molar-refractivity contribution is 0.0506. The van der Waals surface area contributed by atoms with Crippen LogP contribution in [0.1, 0.15) is 45.9 Å². The topological polar surface area (TPSA) is 56.2 Å². The standard InChI is InChI=1S/C14H25N3O2S/c1-11(16-13(18)19-14(2,3)4)12-9-15-10-17(12)7-6-8-20-5/h9-11H,6-8H2,1-5H3,(H,16,18)/t11-/m1/s1. The predicted octanol–water partition coefficient (Wildman–Crippen LogP) is 3.22. The molecule has 0 unspecified atom stereocenters. The van der Waals surface area contributed by atoms with Crippen molar-refractivity contribution in [3.8, 4) is 0 Å². The molecular formula is C14H25N3O2S. The highest BCUT2D eigenvalue weighted by molar-refractivity contribution is 7.98. The van der Waals surface area contributed by atoms with Crippen LogP contribution in [-0.4, -0.2) is 33.3 Å². The summed E-state index contributed by atoms with van der Waals surface area (Å²) in [5.74, 6) is 1.12. The van der Waals surface area contributed by atoms with Gasteiger partial charge in [0.05, 0.1) is 24.3 Å². The van der Waals surface area contributed by atoms with Gasteiger partial charge in [0.15, 0.2) is 0 Å². The number of aryl methyl sites for hydroxylation is 1. The molecule has 1 N–H and O–H groups in total. The number of rotatable bonds is 6. The van der Waals surface area contributed by atoms with E-state index in [9.17, 15) is 4.79 Å². The van der Waals surface area contributed by atoms with Gasteiger partial charge in [-0.05, 0) is 46.1 Å². The van der Waals surface area contributed by atoms with Crippen molar-refractivity contribution < 1.29 is 9.53 Å². The Morgan fingerprint density at radius 3 is 2.85 bits per heavy atom. The van der Waals surface area contributed by atoms with Gasteiger partial charge in [0.2, 0.25) is 0 Å². The zero-order valence-corrected chi connectivity index (χ0v) is 13.8. The van der Waals surface area contributed by atoms with Crippen molar-refractivity contribution in [1.82, 2.24) is 14.9 Å². The fraction of sp³-hybridized carbons (Fsp3) is 0.714. The van der Waals surface area contributed by atoms with Crippen LogP contribution in [-0.2, 0) is 11.3 Å². The van der Waals surface area contributed by atoms with Gasteiger partial charge < -0.3 is 14.6 Å². The van der Waals surface area contributed by atoms with Crippen LogP contribution >= 0.6 is 11.8 Å². The Bertz CT molecular complexity index is 426. The van der Waals surface area contributed by atoms with Crippen LogP contribution in [0.15, 0.2) is 12.5 Å². The van der Waals surface area contributed by atoms with E-state index in [0.29, 0.717) is 0 Å². The molecule has 1 aromatic heterocycles. The number of imidazole rings is 1. The number of thioether (sulfide) groups is 1. The molecule has 0 saturated heterocycles. The summed E-state index contributed by atoms with van der Waals surface area (Å²) in [6.45, 7) is 8.40. The first kappa shape index (κ1) is 16.9. The van der Waals surface area contributed by atoms with Crippen molar-refractivity contribution in [1.29, 1.82) is 0 Å². The molecule has 1 amide bonds. The van der Waals surface area contributed by atoms with Crippen LogP contribution in [0.4, 0.5) is 4.79 Å². The highest BCUT2D eigenvalue weighted by atomic mass is 32.2. The van der Waals surface area contributed by atoms with Gasteiger partial charge in [-0.2, -0.15) is 11.8 Å². The van der Waals surface area contributed by atoms with Gasteiger partial charge >= 0.3 is 6.09 Å². The Kier molecular flexibility index (Phi) is 6.39. The van der Waals surface area contributed by atoms with Crippen LogP contribution in [0.2, 0.25) is 0 Å². The zero-order chi connectivity index (χ0) is 15.2. The number of ether oxygens (including phenoxy) is 1. The Morgan fingerprint density at radius 2 is 2.25 bits per heavy atom. The Hall–Kier alpha value is -1.17. The van der Waals surface area contributed by atoms with E-state index in [1.807, 2.05) is 45.8 Å². The first-order valence-corrected chi connectivity index (χ1v) is 8.21. The first-order chi connectivity index (χ1) is 9.33. The van der Waals surface area contributed by atoms with E-state index in [1.165, 1.54) is 0 Å². The second-order valence-electron chi connectivity index (χ2n) is 5.73. The molecule has 0 aliphatic carbocycles. The number of nitrogens with one attached hydrogen (secondary N) is 1. The van der Waals surface area contributed by atoms with E-state index in [1.54, 1.807) is 6.20 Å². The molecule has 0 aliphatic rings. The Morgan fingerprint density at radius 1 is 1.55 bits per heavy atom. The lowest BCUT2D eigenvalue weighted by Crippen LogP contribution is -2.34. The number of carbonyl (C=O) groups is 1. The highest BCUT2D eigenvalue weighted by Crippen LogP contribution is 2.14. The Balaban J connectivity index is 2.57. The molecular weight excluding hydrogens is 274 g/mol. The number of hydrogen-bond acceptors (Lipinski definition) is 4. The average Bonchev–Trinajstić information content (AvgIpc) is 2.75. The van der Waals surface area contributed by atoms with Gasteiger partial charge in [-0.25, -0.2) is 9.78 Å². The molecule has 0 spiro atoms. The third-order valence-corrected chi connectivity index (χ3v) is 3.37. The van der Waals surface area contributed by atoms with Crippen LogP contribution in [0.3, 0.4) is 0 Å². The lowest BCUT2D eigenvalue weighted by Gasteiger charge is -2.22. The molecule has 0 saturated carbocycles. The minimum atomic E-state index is -0.484. The van der Waals surface area contributed by atoms with Crippen LogP contribution in [0, 0.1) is 0 Å². The molecule has 20 heavy (non-hydrogen) atoms. The molecule has 0 aromatic carbocycles. The van der Waals surface area contributed by atoms with E-state index in [-0.39, 0.29) is 6.04 Å². The molecule has 1 rings (SSSR count). The Labute approximate surface area is 125 Å². The number of carbonyl (C=O) groups excluding carboxylic acids is 1. The van der Waals surface area contributed by atoms with Gasteiger partial charge in [0.25, 0.3) is 0 Å². The van der Waals surface area contributed by atoms with Crippen LogP contribution in [0.5, 0.6) is 0 Å². The van der Waals surface area contributed by atoms with E-state index in [4.69, 9.17) is 4.74 Å². The number of aromatic nitrogens is 2. The minimum Gasteiger partial charge on any atom is -0.444 e. The van der Waals surface area contributed by atoms with Gasteiger partial charge in [-0.15, -0.1) is 0 Å². The van der Waals surface area contributed by atoms with Crippen molar-refractivity contribution in [3.63, 3.8) is 0 Å². The van der Waals surface area contributed by atoms with Gasteiger partial charge in [-0.3, -0.25) is 0 Å². The van der Waals surface area contributed by atoms with Gasteiger partial charge in [0.1, 0.15) is 5.60 Å². The quantitative estimate of drug-likeness (QED) is 0.819. The summed E-state index contributed by atoms with van der Waals surface area (Å²) >= 11 is 1.83. The molecule has 0 fully saturated rings. The summed E-state index contributed by atoms with van der Waals surface area (Å²) in [5, 5.41) is 2.84. The average molecular weight is 299 g/mol. The van der Waals surface area contributed by atoms with Crippen LogP contribution < -0.4 is 5.32 Å². The molecule has 0 radical (unpaired) electrons. The fourth-order valence-electron chi connectivity index (χ4n) is 1.82. The van der Waals surface area contributed by atoms with E-state index in [0.717, 1.165) is 24.4 Å². The molecule has 5 nitrogen and oxygen atoms in total. The molecule has 1 aromatic rings. The van der Waals surface area contributed by atoms with E-state index < -0.39 is 11.7 Å². The molecule has 6 heteroatoms. The molecule has 1 atom stereocenters. The predicted molar refractivity (Wildman–Crippen MR) is 83.0 cm³/mol. The first-order valence-electron chi connectivity index (χ1n) is 6.82. The summed E-state index contributed by atoms with van der Waals surface area (Å²) in [6.07, 6.45) is 6.39. The highest BCUT2D eigenvalue weighted by Gasteiger charge is 2.19. The van der Waals surface area contributed by atoms with Crippen molar-refractivity contribution in [2.45, 2.75) is 52.3 Å². The van der Waals surface area contributed by atoms with Crippen molar-refractivity contribution in [3.05, 3.63) is 18.2 Å². The number of hydrogen-bond donors (Lipinski definition) is 1. The normalized spacial score (nSPS) is 13.1. The minimum absolute atomic E-state index is 0.123. The van der Waals surface area contributed by atoms with E-state index in [2.05, 4.69) is 21.1 Å². The SMILES string of the molecule is CSCCCn1cncc1[C@@H](C)NC(=O)OC(C)(C)C. The largest absolute Gasteiger partial charge is 0.444 e. The number of nitrogens with zero attached hydrogens (tertiary/aromatic N) is 2. The number of amides is 1. The second-order valence-corrected chi connectivity index (χ2v) is 6.71. The zero-order valence-electron chi connectivity index (χ0n) is 13.0. The van der Waals surface area contributed by atoms with Gasteiger partial charge in [-0.1, -0.05) is 0 Å². The maximum Gasteiger partial charge on any atom is 0.408 e. The fourth-order valence-corrected chi connectivity index (χ4v) is 2.23. The third-order valence-electron chi connectivity index (χ3n) is 2.67. The van der Waals surface area contributed by atoms with Crippen molar-refractivity contribution in [2.24, 2.45) is 0 Å². The summed E-state index contributed by atoms with van der Waals surface area (Å²) in [7, 11) is 0. The van der Waals surface area contributed by atoms with Crippen molar-refractivity contribution >= 4 is 17.9 Å². The van der Waals surface area contributed by atoms with Crippen molar-refractivity contribution in [2.75, 3.05) is 12.0 Å². The smallest absolute Gasteiger partial charge is 0.408 e. The summed E-state index contributed by atoms with van der Waals surface area (Å²) < 4.78 is 7.34. The van der Waals surface area contributed by atoms with Gasteiger partial charge in [0, 0.05) is 6.54 Å².